The first-order valence-electron chi connectivity index (χ1n) is 8.81. The number of anilines is 1. The number of nitrogens with one attached hydrogen (secondary N) is 1. The largest absolute Gasteiger partial charge is 0.507 e. The monoisotopic (exact) mass is 406 g/mol. The van der Waals surface area contributed by atoms with Crippen molar-refractivity contribution in [3.8, 4) is 27.8 Å². The minimum atomic E-state index is -0.321. The van der Waals surface area contributed by atoms with Crippen LogP contribution in [0.1, 0.15) is 10.4 Å². The first-order valence-corrected chi connectivity index (χ1v) is 9.63. The van der Waals surface area contributed by atoms with Gasteiger partial charge in [0.05, 0.1) is 30.0 Å². The number of amides is 1. The first kappa shape index (κ1) is 18.8. The molecule has 0 aliphatic rings. The van der Waals surface area contributed by atoms with Crippen molar-refractivity contribution < 1.29 is 19.4 Å². The number of methoxy groups -OCH3 is 2. The van der Waals surface area contributed by atoms with E-state index >= 15 is 0 Å². The van der Waals surface area contributed by atoms with E-state index in [1.54, 1.807) is 30.3 Å². The Balaban J connectivity index is 1.57. The summed E-state index contributed by atoms with van der Waals surface area (Å²) in [7, 11) is 3.05. The molecule has 6 nitrogen and oxygen atoms in total. The zero-order valence-corrected chi connectivity index (χ0v) is 16.6. The van der Waals surface area contributed by atoms with Crippen molar-refractivity contribution in [2.45, 2.75) is 0 Å². The second-order valence-corrected chi connectivity index (χ2v) is 7.27. The van der Waals surface area contributed by atoms with Gasteiger partial charge in [-0.15, -0.1) is 11.3 Å². The summed E-state index contributed by atoms with van der Waals surface area (Å²) in [5.74, 6) is 0.739. The number of phenolic OH excluding ortho intramolecular Hbond substituents is 1. The minimum absolute atomic E-state index is 0.0502. The van der Waals surface area contributed by atoms with E-state index in [0.717, 1.165) is 15.2 Å². The van der Waals surface area contributed by atoms with E-state index in [9.17, 15) is 9.90 Å². The fraction of sp³-hybridized carbons (Fsp3) is 0.0909. The summed E-state index contributed by atoms with van der Waals surface area (Å²) < 4.78 is 11.5. The van der Waals surface area contributed by atoms with Crippen molar-refractivity contribution >= 4 is 33.1 Å². The Morgan fingerprint density at radius 3 is 2.52 bits per heavy atom. The maximum Gasteiger partial charge on any atom is 0.255 e. The molecule has 0 saturated heterocycles. The summed E-state index contributed by atoms with van der Waals surface area (Å²) in [6.07, 6.45) is 0. The molecule has 0 aliphatic heterocycles. The molecule has 7 heteroatoms. The van der Waals surface area contributed by atoms with Crippen LogP contribution in [0, 0.1) is 0 Å². The third kappa shape index (κ3) is 3.72. The van der Waals surface area contributed by atoms with Crippen LogP contribution in [0.4, 0.5) is 5.69 Å². The average Bonchev–Trinajstić information content (AvgIpc) is 3.17. The van der Waals surface area contributed by atoms with Crippen molar-refractivity contribution in [1.29, 1.82) is 0 Å². The SMILES string of the molecule is COc1ccc(C(=O)Nc2ccc(-c3nc4ccccc4s3)c(O)c2)cc1OC. The summed E-state index contributed by atoms with van der Waals surface area (Å²) in [5, 5.41) is 14.0. The van der Waals surface area contributed by atoms with E-state index in [-0.39, 0.29) is 11.7 Å². The molecule has 1 amide bonds. The Bertz CT molecular complexity index is 1170. The zero-order chi connectivity index (χ0) is 20.4. The summed E-state index contributed by atoms with van der Waals surface area (Å²) in [6.45, 7) is 0. The molecule has 2 N–H and O–H groups in total. The van der Waals surface area contributed by atoms with Gasteiger partial charge in [-0.05, 0) is 42.5 Å². The number of benzene rings is 3. The third-order valence-corrected chi connectivity index (χ3v) is 5.50. The number of nitrogens with zero attached hydrogens (tertiary/aromatic N) is 1. The van der Waals surface area contributed by atoms with Gasteiger partial charge in [-0.25, -0.2) is 4.98 Å². The van der Waals surface area contributed by atoms with Crippen LogP contribution in [0.5, 0.6) is 17.2 Å². The fourth-order valence-electron chi connectivity index (χ4n) is 2.96. The lowest BCUT2D eigenvalue weighted by molar-refractivity contribution is 0.102. The highest BCUT2D eigenvalue weighted by molar-refractivity contribution is 7.21. The molecule has 0 spiro atoms. The third-order valence-electron chi connectivity index (χ3n) is 4.43. The zero-order valence-electron chi connectivity index (χ0n) is 15.8. The lowest BCUT2D eigenvalue weighted by Gasteiger charge is -2.11. The van der Waals surface area contributed by atoms with Gasteiger partial charge in [0.15, 0.2) is 11.5 Å². The number of thiazole rings is 1. The van der Waals surface area contributed by atoms with Crippen LogP contribution < -0.4 is 14.8 Å². The Kier molecular flexibility index (Phi) is 5.05. The predicted molar refractivity (Wildman–Crippen MR) is 114 cm³/mol. The number of hydrogen-bond acceptors (Lipinski definition) is 6. The first-order chi connectivity index (χ1) is 14.1. The van der Waals surface area contributed by atoms with Crippen molar-refractivity contribution in [3.63, 3.8) is 0 Å². The molecule has 0 atom stereocenters. The number of phenols is 1. The van der Waals surface area contributed by atoms with Gasteiger partial charge in [-0.1, -0.05) is 12.1 Å². The van der Waals surface area contributed by atoms with Gasteiger partial charge in [0.2, 0.25) is 0 Å². The number of aromatic nitrogens is 1. The molecular formula is C22H18N2O4S. The van der Waals surface area contributed by atoms with Crippen molar-refractivity contribution in [1.82, 2.24) is 4.98 Å². The summed E-state index contributed by atoms with van der Waals surface area (Å²) in [6, 6.07) is 17.7. The lowest BCUT2D eigenvalue weighted by atomic mass is 10.1. The summed E-state index contributed by atoms with van der Waals surface area (Å²) in [5.41, 5.74) is 2.40. The van der Waals surface area contributed by atoms with Crippen LogP contribution in [0.25, 0.3) is 20.8 Å². The van der Waals surface area contributed by atoms with E-state index in [0.29, 0.717) is 28.3 Å². The molecule has 0 bridgehead atoms. The van der Waals surface area contributed by atoms with Gasteiger partial charge in [0.25, 0.3) is 5.91 Å². The highest BCUT2D eigenvalue weighted by Crippen LogP contribution is 2.36. The van der Waals surface area contributed by atoms with Crippen LogP contribution in [-0.2, 0) is 0 Å². The number of para-hydroxylation sites is 1. The van der Waals surface area contributed by atoms with Crippen LogP contribution in [0.3, 0.4) is 0 Å². The molecule has 0 unspecified atom stereocenters. The molecule has 146 valence electrons. The van der Waals surface area contributed by atoms with Gasteiger partial charge in [-0.2, -0.15) is 0 Å². The summed E-state index contributed by atoms with van der Waals surface area (Å²) >= 11 is 1.50. The smallest absolute Gasteiger partial charge is 0.255 e. The molecule has 0 radical (unpaired) electrons. The molecular weight excluding hydrogens is 388 g/mol. The highest BCUT2D eigenvalue weighted by Gasteiger charge is 2.14. The lowest BCUT2D eigenvalue weighted by Crippen LogP contribution is -2.12. The average molecular weight is 406 g/mol. The summed E-state index contributed by atoms with van der Waals surface area (Å²) in [4.78, 5) is 17.1. The van der Waals surface area contributed by atoms with Crippen molar-refractivity contribution in [2.24, 2.45) is 0 Å². The van der Waals surface area contributed by atoms with Crippen LogP contribution >= 0.6 is 11.3 Å². The number of carbonyl (C=O) groups is 1. The Morgan fingerprint density at radius 1 is 1.00 bits per heavy atom. The quantitative estimate of drug-likeness (QED) is 0.491. The van der Waals surface area contributed by atoms with Crippen LogP contribution in [0.15, 0.2) is 60.7 Å². The number of fused-ring (bicyclic) bond motifs is 1. The molecule has 3 aromatic carbocycles. The topological polar surface area (TPSA) is 80.7 Å². The van der Waals surface area contributed by atoms with Crippen molar-refractivity contribution in [3.05, 3.63) is 66.2 Å². The molecule has 1 heterocycles. The number of hydrogen-bond donors (Lipinski definition) is 2. The Labute approximate surface area is 171 Å². The molecule has 29 heavy (non-hydrogen) atoms. The molecule has 0 aliphatic carbocycles. The maximum atomic E-state index is 12.6. The van der Waals surface area contributed by atoms with E-state index in [1.165, 1.54) is 31.6 Å². The normalized spacial score (nSPS) is 10.7. The fourth-order valence-corrected chi connectivity index (χ4v) is 3.96. The van der Waals surface area contributed by atoms with E-state index < -0.39 is 0 Å². The molecule has 4 aromatic rings. The number of rotatable bonds is 5. The molecule has 1 aromatic heterocycles. The van der Waals surface area contributed by atoms with Crippen molar-refractivity contribution in [2.75, 3.05) is 19.5 Å². The van der Waals surface area contributed by atoms with Crippen LogP contribution in [0.2, 0.25) is 0 Å². The van der Waals surface area contributed by atoms with Gasteiger partial charge in [-0.3, -0.25) is 4.79 Å². The van der Waals surface area contributed by atoms with Crippen LogP contribution in [-0.4, -0.2) is 30.2 Å². The molecule has 0 fully saturated rings. The molecule has 0 saturated carbocycles. The van der Waals surface area contributed by atoms with E-state index in [1.807, 2.05) is 24.3 Å². The number of aromatic hydroxyl groups is 1. The van der Waals surface area contributed by atoms with Gasteiger partial charge in [0, 0.05) is 17.3 Å². The predicted octanol–water partition coefficient (Wildman–Crippen LogP) is 4.94. The Morgan fingerprint density at radius 2 is 1.79 bits per heavy atom. The van der Waals surface area contributed by atoms with Gasteiger partial charge in [0.1, 0.15) is 10.8 Å². The van der Waals surface area contributed by atoms with E-state index in [2.05, 4.69) is 10.3 Å². The van der Waals surface area contributed by atoms with Gasteiger partial charge >= 0.3 is 0 Å². The highest BCUT2D eigenvalue weighted by atomic mass is 32.1. The standard InChI is InChI=1S/C22H18N2O4S/c1-27-18-10-7-13(11-19(18)28-2)21(26)23-14-8-9-15(17(25)12-14)22-24-16-5-3-4-6-20(16)29-22/h3-12,25H,1-2H3,(H,23,26). The number of carbonyl (C=O) groups excluding carboxylic acids is 1. The molecule has 4 rings (SSSR count). The minimum Gasteiger partial charge on any atom is -0.507 e. The number of ether oxygens (including phenoxy) is 2. The second kappa shape index (κ2) is 7.81. The van der Waals surface area contributed by atoms with E-state index in [4.69, 9.17) is 9.47 Å². The maximum absolute atomic E-state index is 12.6. The Hall–Kier alpha value is -3.58. The van der Waals surface area contributed by atoms with Gasteiger partial charge < -0.3 is 19.9 Å². The second-order valence-electron chi connectivity index (χ2n) is 6.24.